The van der Waals surface area contributed by atoms with Gasteiger partial charge in [-0.25, -0.2) is 0 Å². The van der Waals surface area contributed by atoms with Gasteiger partial charge in [0, 0.05) is 15.6 Å². The van der Waals surface area contributed by atoms with Crippen LogP contribution in [0.1, 0.15) is 6.92 Å². The van der Waals surface area contributed by atoms with Crippen molar-refractivity contribution in [2.24, 2.45) is 0 Å². The highest BCUT2D eigenvalue weighted by molar-refractivity contribution is 8.00. The van der Waals surface area contributed by atoms with Gasteiger partial charge >= 0.3 is 0 Å². The van der Waals surface area contributed by atoms with Gasteiger partial charge in [-0.05, 0) is 49.4 Å². The third kappa shape index (κ3) is 4.12. The molecule has 1 N–H and O–H groups in total. The molecule has 0 fully saturated rings. The second kappa shape index (κ2) is 7.15. The van der Waals surface area contributed by atoms with E-state index in [1.54, 1.807) is 24.3 Å². The summed E-state index contributed by atoms with van der Waals surface area (Å²) in [6.45, 7) is 2.99. The van der Waals surface area contributed by atoms with Gasteiger partial charge < -0.3 is 14.8 Å². The molecular weight excluding hydrogens is 334 g/mol. The number of thioether (sulfide) groups is 1. The van der Waals surface area contributed by atoms with Crippen LogP contribution in [0, 0.1) is 0 Å². The molecule has 1 heterocycles. The molecule has 0 aromatic heterocycles. The minimum atomic E-state index is -0.242. The average Bonchev–Trinajstić information content (AvgIpc) is 2.56. The molecule has 1 aliphatic heterocycles. The number of hydrogen-bond donors (Lipinski definition) is 1. The zero-order valence-electron chi connectivity index (χ0n) is 12.5. The normalized spacial score (nSPS) is 14.2. The van der Waals surface area contributed by atoms with Crippen molar-refractivity contribution in [3.63, 3.8) is 0 Å². The number of carbonyl (C=O) groups is 1. The Morgan fingerprint density at radius 2 is 1.83 bits per heavy atom. The summed E-state index contributed by atoms with van der Waals surface area (Å²) in [6.07, 6.45) is 0. The first kappa shape index (κ1) is 16.0. The van der Waals surface area contributed by atoms with Gasteiger partial charge in [0.25, 0.3) is 0 Å². The van der Waals surface area contributed by atoms with Crippen LogP contribution in [0.4, 0.5) is 5.69 Å². The number of hydrogen-bond acceptors (Lipinski definition) is 4. The van der Waals surface area contributed by atoms with E-state index in [1.807, 2.05) is 25.1 Å². The molecule has 0 spiro atoms. The molecule has 1 unspecified atom stereocenters. The Morgan fingerprint density at radius 3 is 2.57 bits per heavy atom. The van der Waals surface area contributed by atoms with Crippen LogP contribution in [-0.2, 0) is 4.79 Å². The maximum absolute atomic E-state index is 12.3. The molecule has 0 saturated carbocycles. The Bertz CT molecular complexity index is 705. The summed E-state index contributed by atoms with van der Waals surface area (Å²) in [4.78, 5) is 13.2. The molecule has 1 atom stereocenters. The van der Waals surface area contributed by atoms with Gasteiger partial charge in [0.05, 0.1) is 5.25 Å². The van der Waals surface area contributed by atoms with Gasteiger partial charge in [0.15, 0.2) is 11.5 Å². The first-order valence-corrected chi connectivity index (χ1v) is 8.50. The van der Waals surface area contributed by atoms with Crippen molar-refractivity contribution >= 4 is 35.0 Å². The molecule has 6 heteroatoms. The van der Waals surface area contributed by atoms with E-state index in [0.717, 1.165) is 22.1 Å². The Labute approximate surface area is 144 Å². The smallest absolute Gasteiger partial charge is 0.237 e. The molecule has 0 aliphatic carbocycles. The molecule has 3 rings (SSSR count). The quantitative estimate of drug-likeness (QED) is 0.839. The van der Waals surface area contributed by atoms with Crippen LogP contribution in [0.5, 0.6) is 11.5 Å². The first-order valence-electron chi connectivity index (χ1n) is 7.24. The number of carbonyl (C=O) groups excluding carboxylic acids is 1. The fraction of sp³-hybridized carbons (Fsp3) is 0.235. The van der Waals surface area contributed by atoms with Gasteiger partial charge in [-0.2, -0.15) is 0 Å². The number of ether oxygens (including phenoxy) is 2. The van der Waals surface area contributed by atoms with Crippen LogP contribution in [0.3, 0.4) is 0 Å². The van der Waals surface area contributed by atoms with E-state index in [-0.39, 0.29) is 11.2 Å². The standard InChI is InChI=1S/C17H16ClNO3S/c1-11(17(20)19-13-4-2-12(18)3-5-13)23-14-6-7-15-16(10-14)22-9-8-21-15/h2-7,10-11H,8-9H2,1H3,(H,19,20). The van der Waals surface area contributed by atoms with Crippen molar-refractivity contribution < 1.29 is 14.3 Å². The predicted molar refractivity (Wildman–Crippen MR) is 92.8 cm³/mol. The maximum atomic E-state index is 12.3. The average molecular weight is 350 g/mol. The van der Waals surface area contributed by atoms with E-state index in [9.17, 15) is 4.79 Å². The van der Waals surface area contributed by atoms with Crippen molar-refractivity contribution in [2.75, 3.05) is 18.5 Å². The zero-order chi connectivity index (χ0) is 16.2. The maximum Gasteiger partial charge on any atom is 0.237 e. The lowest BCUT2D eigenvalue weighted by molar-refractivity contribution is -0.115. The third-order valence-corrected chi connectivity index (χ3v) is 4.65. The van der Waals surface area contributed by atoms with Gasteiger partial charge in [-0.15, -0.1) is 11.8 Å². The number of nitrogens with one attached hydrogen (secondary N) is 1. The molecule has 2 aromatic carbocycles. The molecule has 2 aromatic rings. The van der Waals surface area contributed by atoms with E-state index >= 15 is 0 Å². The second-order valence-electron chi connectivity index (χ2n) is 5.06. The minimum Gasteiger partial charge on any atom is -0.486 e. The summed E-state index contributed by atoms with van der Waals surface area (Å²) in [5.41, 5.74) is 0.731. The largest absolute Gasteiger partial charge is 0.486 e. The van der Waals surface area contributed by atoms with E-state index in [2.05, 4.69) is 5.32 Å². The highest BCUT2D eigenvalue weighted by atomic mass is 35.5. The second-order valence-corrected chi connectivity index (χ2v) is 6.91. The summed E-state index contributed by atoms with van der Waals surface area (Å²) in [5, 5.41) is 3.28. The predicted octanol–water partition coefficient (Wildman–Crippen LogP) is 4.23. The van der Waals surface area contributed by atoms with Gasteiger partial charge in [0.2, 0.25) is 5.91 Å². The van der Waals surface area contributed by atoms with Crippen molar-refractivity contribution in [1.29, 1.82) is 0 Å². The number of anilines is 1. The molecule has 1 amide bonds. The lowest BCUT2D eigenvalue weighted by Crippen LogP contribution is -2.22. The van der Waals surface area contributed by atoms with Crippen LogP contribution in [0.25, 0.3) is 0 Å². The summed E-state index contributed by atoms with van der Waals surface area (Å²) in [7, 11) is 0. The summed E-state index contributed by atoms with van der Waals surface area (Å²) < 4.78 is 11.1. The van der Waals surface area contributed by atoms with E-state index < -0.39 is 0 Å². The lowest BCUT2D eigenvalue weighted by Gasteiger charge is -2.19. The lowest BCUT2D eigenvalue weighted by atomic mass is 10.3. The van der Waals surface area contributed by atoms with Crippen LogP contribution in [-0.4, -0.2) is 24.4 Å². The molecule has 120 valence electrons. The molecule has 1 aliphatic rings. The van der Waals surface area contributed by atoms with Crippen LogP contribution in [0.2, 0.25) is 5.02 Å². The Hall–Kier alpha value is -1.85. The molecule has 0 radical (unpaired) electrons. The number of rotatable bonds is 4. The van der Waals surface area contributed by atoms with Gasteiger partial charge in [-0.1, -0.05) is 11.6 Å². The number of amides is 1. The Morgan fingerprint density at radius 1 is 1.13 bits per heavy atom. The highest BCUT2D eigenvalue weighted by Crippen LogP contribution is 2.35. The molecular formula is C17H16ClNO3S. The molecule has 23 heavy (non-hydrogen) atoms. The Balaban J connectivity index is 1.62. The van der Waals surface area contributed by atoms with Crippen molar-refractivity contribution in [1.82, 2.24) is 0 Å². The van der Waals surface area contributed by atoms with Gasteiger partial charge in [0.1, 0.15) is 13.2 Å². The number of halogens is 1. The van der Waals surface area contributed by atoms with E-state index in [4.69, 9.17) is 21.1 Å². The minimum absolute atomic E-state index is 0.0628. The molecule has 0 bridgehead atoms. The van der Waals surface area contributed by atoms with E-state index in [0.29, 0.717) is 18.2 Å². The fourth-order valence-electron chi connectivity index (χ4n) is 2.13. The summed E-state index contributed by atoms with van der Waals surface area (Å²) in [5.74, 6) is 1.41. The molecule has 4 nitrogen and oxygen atoms in total. The van der Waals surface area contributed by atoms with Gasteiger partial charge in [-0.3, -0.25) is 4.79 Å². The van der Waals surface area contributed by atoms with E-state index in [1.165, 1.54) is 11.8 Å². The van der Waals surface area contributed by atoms with Crippen molar-refractivity contribution in [3.8, 4) is 11.5 Å². The third-order valence-electron chi connectivity index (χ3n) is 3.31. The van der Waals surface area contributed by atoms with Crippen LogP contribution < -0.4 is 14.8 Å². The SMILES string of the molecule is CC(Sc1ccc2c(c1)OCCO2)C(=O)Nc1ccc(Cl)cc1. The summed E-state index contributed by atoms with van der Waals surface area (Å²) >= 11 is 7.31. The van der Waals surface area contributed by atoms with Crippen molar-refractivity contribution in [2.45, 2.75) is 17.1 Å². The van der Waals surface area contributed by atoms with Crippen LogP contribution in [0.15, 0.2) is 47.4 Å². The molecule has 0 saturated heterocycles. The number of benzene rings is 2. The highest BCUT2D eigenvalue weighted by Gasteiger charge is 2.17. The topological polar surface area (TPSA) is 47.6 Å². The monoisotopic (exact) mass is 349 g/mol. The Kier molecular flexibility index (Phi) is 4.98. The van der Waals surface area contributed by atoms with Crippen LogP contribution >= 0.6 is 23.4 Å². The number of fused-ring (bicyclic) bond motifs is 1. The zero-order valence-corrected chi connectivity index (χ0v) is 14.1. The summed E-state index contributed by atoms with van der Waals surface area (Å²) in [6, 6.07) is 12.8. The first-order chi connectivity index (χ1) is 11.1. The fourth-order valence-corrected chi connectivity index (χ4v) is 3.15. The van der Waals surface area contributed by atoms with Crippen molar-refractivity contribution in [3.05, 3.63) is 47.5 Å².